The molecule has 0 aromatic heterocycles. The van der Waals surface area contributed by atoms with E-state index in [0.29, 0.717) is 0 Å². The highest BCUT2D eigenvalue weighted by molar-refractivity contribution is 9.10. The van der Waals surface area contributed by atoms with Gasteiger partial charge in [0.05, 0.1) is 0 Å². The summed E-state index contributed by atoms with van der Waals surface area (Å²) in [6.45, 7) is 4.05. The minimum Gasteiger partial charge on any atom is -0.0840 e. The van der Waals surface area contributed by atoms with Gasteiger partial charge in [-0.1, -0.05) is 33.6 Å². The van der Waals surface area contributed by atoms with Crippen LogP contribution in [-0.2, 0) is 0 Å². The monoisotopic (exact) mass is 218 g/mol. The van der Waals surface area contributed by atoms with Crippen molar-refractivity contribution in [1.29, 1.82) is 0 Å². The van der Waals surface area contributed by atoms with E-state index in [9.17, 15) is 0 Å². The molecule has 1 rings (SSSR count). The molecular formula is C8H8BrCl. The lowest BCUT2D eigenvalue weighted by molar-refractivity contribution is 1.34. The van der Waals surface area contributed by atoms with Crippen molar-refractivity contribution in [3.63, 3.8) is 0 Å². The Bertz CT molecular complexity index is 229. The molecule has 0 fully saturated rings. The zero-order valence-electron chi connectivity index (χ0n) is 5.91. The molecule has 0 N–H and O–H groups in total. The molecule has 0 aliphatic carbocycles. The lowest BCUT2D eigenvalue weighted by Gasteiger charge is -2.02. The third-order valence-electron chi connectivity index (χ3n) is 1.51. The van der Waals surface area contributed by atoms with E-state index < -0.39 is 0 Å². The zero-order chi connectivity index (χ0) is 7.72. The molecule has 0 spiro atoms. The molecular weight excluding hydrogens is 211 g/mol. The van der Waals surface area contributed by atoms with Gasteiger partial charge >= 0.3 is 0 Å². The lowest BCUT2D eigenvalue weighted by Crippen LogP contribution is -1.81. The van der Waals surface area contributed by atoms with Crippen LogP contribution in [-0.4, -0.2) is 0 Å². The fraction of sp³-hybridized carbons (Fsp3) is 0.250. The number of hydrogen-bond acceptors (Lipinski definition) is 0. The highest BCUT2D eigenvalue weighted by Crippen LogP contribution is 2.26. The van der Waals surface area contributed by atoms with Crippen molar-refractivity contribution in [2.45, 2.75) is 13.8 Å². The van der Waals surface area contributed by atoms with Gasteiger partial charge in [0.2, 0.25) is 0 Å². The van der Waals surface area contributed by atoms with Crippen LogP contribution in [0.4, 0.5) is 0 Å². The molecule has 0 atom stereocenters. The van der Waals surface area contributed by atoms with Gasteiger partial charge in [0, 0.05) is 9.50 Å². The van der Waals surface area contributed by atoms with Gasteiger partial charge in [-0.2, -0.15) is 0 Å². The predicted molar refractivity (Wildman–Crippen MR) is 48.6 cm³/mol. The molecule has 2 heteroatoms. The quantitative estimate of drug-likeness (QED) is 0.624. The van der Waals surface area contributed by atoms with Crippen molar-refractivity contribution in [3.05, 3.63) is 32.8 Å². The summed E-state index contributed by atoms with van der Waals surface area (Å²) in [5, 5.41) is 0.817. The van der Waals surface area contributed by atoms with Crippen LogP contribution in [0, 0.1) is 13.8 Å². The van der Waals surface area contributed by atoms with E-state index >= 15 is 0 Å². The van der Waals surface area contributed by atoms with E-state index in [4.69, 9.17) is 11.6 Å². The second-order valence-corrected chi connectivity index (χ2v) is 3.50. The van der Waals surface area contributed by atoms with Gasteiger partial charge < -0.3 is 0 Å². The number of rotatable bonds is 0. The molecule has 0 radical (unpaired) electrons. The average molecular weight is 220 g/mol. The van der Waals surface area contributed by atoms with Crippen LogP contribution < -0.4 is 0 Å². The molecule has 0 bridgehead atoms. The molecule has 0 saturated heterocycles. The maximum atomic E-state index is 5.86. The molecule has 0 saturated carbocycles. The fourth-order valence-corrected chi connectivity index (χ4v) is 1.41. The van der Waals surface area contributed by atoms with E-state index in [-0.39, 0.29) is 0 Å². The topological polar surface area (TPSA) is 0 Å². The van der Waals surface area contributed by atoms with Gasteiger partial charge in [-0.15, -0.1) is 0 Å². The minimum absolute atomic E-state index is 0.817. The minimum atomic E-state index is 0.817. The maximum absolute atomic E-state index is 5.86. The number of hydrogen-bond donors (Lipinski definition) is 0. The summed E-state index contributed by atoms with van der Waals surface area (Å²) >= 11 is 9.30. The van der Waals surface area contributed by atoms with Crippen LogP contribution in [0.3, 0.4) is 0 Å². The highest BCUT2D eigenvalue weighted by Gasteiger charge is 2.00. The summed E-state index contributed by atoms with van der Waals surface area (Å²) in [5.41, 5.74) is 2.34. The summed E-state index contributed by atoms with van der Waals surface area (Å²) in [7, 11) is 0. The van der Waals surface area contributed by atoms with Crippen LogP contribution in [0.25, 0.3) is 0 Å². The molecule has 0 aliphatic rings. The third-order valence-corrected chi connectivity index (χ3v) is 3.14. The van der Waals surface area contributed by atoms with Gasteiger partial charge in [-0.3, -0.25) is 0 Å². The lowest BCUT2D eigenvalue weighted by atomic mass is 10.2. The van der Waals surface area contributed by atoms with E-state index in [2.05, 4.69) is 15.9 Å². The first kappa shape index (κ1) is 8.09. The van der Waals surface area contributed by atoms with E-state index in [1.807, 2.05) is 26.0 Å². The Kier molecular flexibility index (Phi) is 2.37. The summed E-state index contributed by atoms with van der Waals surface area (Å²) < 4.78 is 1.11. The van der Waals surface area contributed by atoms with Crippen LogP contribution in [0.2, 0.25) is 5.02 Å². The Morgan fingerprint density at radius 3 is 2.40 bits per heavy atom. The van der Waals surface area contributed by atoms with Gasteiger partial charge in [0.15, 0.2) is 0 Å². The second kappa shape index (κ2) is 2.93. The van der Waals surface area contributed by atoms with Crippen molar-refractivity contribution >= 4 is 27.5 Å². The summed E-state index contributed by atoms with van der Waals surface area (Å²) in [5.74, 6) is 0. The smallest absolute Gasteiger partial charge is 0.0446 e. The third kappa shape index (κ3) is 1.35. The molecule has 10 heavy (non-hydrogen) atoms. The number of benzene rings is 1. The van der Waals surface area contributed by atoms with Crippen molar-refractivity contribution < 1.29 is 0 Å². The molecule has 1 aromatic carbocycles. The van der Waals surface area contributed by atoms with E-state index in [1.165, 1.54) is 5.56 Å². The Labute approximate surface area is 74.3 Å². The zero-order valence-corrected chi connectivity index (χ0v) is 8.25. The van der Waals surface area contributed by atoms with Crippen molar-refractivity contribution in [2.24, 2.45) is 0 Å². The summed E-state index contributed by atoms with van der Waals surface area (Å²) in [6.07, 6.45) is 0. The van der Waals surface area contributed by atoms with Crippen LogP contribution in [0.15, 0.2) is 16.6 Å². The first-order valence-corrected chi connectivity index (χ1v) is 4.21. The van der Waals surface area contributed by atoms with Crippen LogP contribution in [0.5, 0.6) is 0 Å². The number of aryl methyl sites for hydroxylation is 1. The highest BCUT2D eigenvalue weighted by atomic mass is 79.9. The van der Waals surface area contributed by atoms with Crippen molar-refractivity contribution in [3.8, 4) is 0 Å². The first-order chi connectivity index (χ1) is 4.63. The van der Waals surface area contributed by atoms with Gasteiger partial charge in [-0.25, -0.2) is 0 Å². The first-order valence-electron chi connectivity index (χ1n) is 3.04. The van der Waals surface area contributed by atoms with E-state index in [1.54, 1.807) is 0 Å². The van der Waals surface area contributed by atoms with Gasteiger partial charge in [0.1, 0.15) is 0 Å². The second-order valence-electron chi connectivity index (χ2n) is 2.30. The standard InChI is InChI=1S/C8H8BrCl/c1-5-3-4-7(10)6(2)8(5)9/h3-4H,1-2H3. The van der Waals surface area contributed by atoms with Crippen molar-refractivity contribution in [1.82, 2.24) is 0 Å². The van der Waals surface area contributed by atoms with Crippen LogP contribution in [0.1, 0.15) is 11.1 Å². The summed E-state index contributed by atoms with van der Waals surface area (Å²) in [6, 6.07) is 3.91. The summed E-state index contributed by atoms with van der Waals surface area (Å²) in [4.78, 5) is 0. The molecule has 0 nitrogen and oxygen atoms in total. The average Bonchev–Trinajstić information content (AvgIpc) is 1.93. The SMILES string of the molecule is Cc1ccc(Cl)c(C)c1Br. The predicted octanol–water partition coefficient (Wildman–Crippen LogP) is 3.72. The fourth-order valence-electron chi connectivity index (χ4n) is 0.797. The van der Waals surface area contributed by atoms with E-state index in [0.717, 1.165) is 15.1 Å². The number of halogens is 2. The molecule has 0 amide bonds. The normalized spacial score (nSPS) is 10.0. The van der Waals surface area contributed by atoms with Gasteiger partial charge in [-0.05, 0) is 31.0 Å². The Morgan fingerprint density at radius 2 is 1.90 bits per heavy atom. The molecule has 0 unspecified atom stereocenters. The Balaban J connectivity index is 3.34. The molecule has 54 valence electrons. The molecule has 0 heterocycles. The Hall–Kier alpha value is -0.0100. The molecule has 0 aliphatic heterocycles. The molecule has 1 aromatic rings. The maximum Gasteiger partial charge on any atom is 0.0446 e. The Morgan fingerprint density at radius 1 is 1.30 bits per heavy atom. The van der Waals surface area contributed by atoms with Crippen molar-refractivity contribution in [2.75, 3.05) is 0 Å². The van der Waals surface area contributed by atoms with Gasteiger partial charge in [0.25, 0.3) is 0 Å². The largest absolute Gasteiger partial charge is 0.0840 e. The van der Waals surface area contributed by atoms with Crippen LogP contribution >= 0.6 is 27.5 Å².